The monoisotopic (exact) mass is 503 g/mol. The third kappa shape index (κ3) is 7.28. The average Bonchev–Trinajstić information content (AvgIpc) is 2.72. The Kier molecular flexibility index (Phi) is 9.66. The van der Waals surface area contributed by atoms with Gasteiger partial charge in [0.1, 0.15) is 17.7 Å². The Balaban J connectivity index is 2.21. The molecule has 1 aromatic rings. The normalized spacial score (nSPS) is 19.7. The number of carbonyl (C=O) groups is 1. The number of benzene rings is 1. The molecular formula is C20H26FN3O5S3. The fraction of sp³-hybridized carbons (Fsp3) is 0.600. The van der Waals surface area contributed by atoms with Crippen molar-refractivity contribution in [3.05, 3.63) is 24.0 Å². The number of rotatable bonds is 9. The lowest BCUT2D eigenvalue weighted by atomic mass is 9.80. The Bertz CT molecular complexity index is 1110. The molecule has 1 fully saturated rings. The minimum absolute atomic E-state index is 0.100. The highest BCUT2D eigenvalue weighted by atomic mass is 32.2. The molecule has 8 nitrogen and oxygen atoms in total. The van der Waals surface area contributed by atoms with Gasteiger partial charge in [0.2, 0.25) is 5.91 Å². The number of nitriles is 1. The molecule has 32 heavy (non-hydrogen) atoms. The molecule has 0 aliphatic heterocycles. The van der Waals surface area contributed by atoms with Gasteiger partial charge in [-0.3, -0.25) is 4.79 Å². The van der Waals surface area contributed by atoms with Crippen LogP contribution in [0.4, 0.5) is 4.39 Å². The first kappa shape index (κ1) is 26.3. The molecule has 1 saturated carbocycles. The summed E-state index contributed by atoms with van der Waals surface area (Å²) in [6, 6.07) is 5.36. The largest absolute Gasteiger partial charge is 0.343 e. The van der Waals surface area contributed by atoms with Crippen LogP contribution in [0.25, 0.3) is 0 Å². The molecule has 2 rings (SSSR count). The second-order valence-corrected chi connectivity index (χ2v) is 11.8. The van der Waals surface area contributed by atoms with E-state index in [0.29, 0.717) is 12.8 Å². The number of halogens is 1. The summed E-state index contributed by atoms with van der Waals surface area (Å²) in [6.45, 7) is 3.36. The van der Waals surface area contributed by atoms with E-state index in [0.717, 1.165) is 30.7 Å². The van der Waals surface area contributed by atoms with Crippen molar-refractivity contribution in [2.24, 2.45) is 22.1 Å². The number of carbonyl (C=O) groups excluding carboxylic acids is 1. The zero-order valence-corrected chi connectivity index (χ0v) is 20.3. The number of thioether (sulfide) groups is 1. The third-order valence-electron chi connectivity index (χ3n) is 5.29. The van der Waals surface area contributed by atoms with Crippen LogP contribution in [0.5, 0.6) is 0 Å². The lowest BCUT2D eigenvalue weighted by Crippen LogP contribution is -2.39. The van der Waals surface area contributed by atoms with Gasteiger partial charge in [0.05, 0.1) is 16.7 Å². The van der Waals surface area contributed by atoms with Crippen molar-refractivity contribution in [2.75, 3.05) is 12.3 Å². The van der Waals surface area contributed by atoms with Gasteiger partial charge >= 0.3 is 10.5 Å². The maximum absolute atomic E-state index is 14.7. The first-order chi connectivity index (χ1) is 15.0. The molecule has 0 spiro atoms. The molecule has 0 aromatic heterocycles. The Morgan fingerprint density at radius 1 is 1.34 bits per heavy atom. The summed E-state index contributed by atoms with van der Waals surface area (Å²) in [4.78, 5) is 12.3. The van der Waals surface area contributed by atoms with Gasteiger partial charge in [0, 0.05) is 10.8 Å². The van der Waals surface area contributed by atoms with E-state index < -0.39 is 43.4 Å². The van der Waals surface area contributed by atoms with Crippen LogP contribution in [0.15, 0.2) is 32.4 Å². The van der Waals surface area contributed by atoms with E-state index in [1.807, 2.05) is 6.07 Å². The Labute approximate surface area is 193 Å². The van der Waals surface area contributed by atoms with Gasteiger partial charge in [-0.2, -0.15) is 18.0 Å². The van der Waals surface area contributed by atoms with Crippen LogP contribution in [-0.2, 0) is 25.1 Å². The van der Waals surface area contributed by atoms with Crippen molar-refractivity contribution in [1.29, 1.82) is 5.26 Å². The molecule has 12 heteroatoms. The number of amides is 1. The molecular weight excluding hydrogens is 477 g/mol. The first-order valence-corrected chi connectivity index (χ1v) is 13.8. The van der Waals surface area contributed by atoms with Crippen molar-refractivity contribution in [1.82, 2.24) is 5.32 Å². The molecule has 0 heterocycles. The zero-order chi connectivity index (χ0) is 23.9. The van der Waals surface area contributed by atoms with Crippen molar-refractivity contribution in [3.8, 4) is 6.07 Å². The van der Waals surface area contributed by atoms with Crippen molar-refractivity contribution >= 4 is 38.0 Å². The average molecular weight is 504 g/mol. The fourth-order valence-corrected chi connectivity index (χ4v) is 7.01. The molecule has 176 valence electrons. The fourth-order valence-electron chi connectivity index (χ4n) is 3.65. The minimum Gasteiger partial charge on any atom is -0.343 e. The van der Waals surface area contributed by atoms with Gasteiger partial charge in [-0.15, -0.1) is 0 Å². The molecule has 1 N–H and O–H groups in total. The SMILES string of the molecule is CC(C)C(N=S(=O)=O)Sc1ccc(S(=O)(=O)CC2CCCCC2C(=O)NCC#N)cc1F. The standard InChI is InChI=1S/C20H26FN3O5S3/c1-13(2)20(24-31(26)27)30-18-8-7-15(11-17(18)21)32(28,29)12-14-5-3-4-6-16(14)19(25)23-10-9-22/h7-8,11,13-14,16,20H,3-6,10,12H2,1-2H3,(H,23,25). The summed E-state index contributed by atoms with van der Waals surface area (Å²) in [5, 5.41) is 10.4. The Morgan fingerprint density at radius 3 is 2.62 bits per heavy atom. The van der Waals surface area contributed by atoms with Crippen LogP contribution in [0, 0.1) is 34.9 Å². The lowest BCUT2D eigenvalue weighted by molar-refractivity contribution is -0.127. The van der Waals surface area contributed by atoms with E-state index in [9.17, 15) is 26.0 Å². The summed E-state index contributed by atoms with van der Waals surface area (Å²) < 4.78 is 66.0. The Morgan fingerprint density at radius 2 is 2.03 bits per heavy atom. The maximum Gasteiger partial charge on any atom is 0.312 e. The molecule has 3 atom stereocenters. The van der Waals surface area contributed by atoms with Crippen LogP contribution >= 0.6 is 11.8 Å². The summed E-state index contributed by atoms with van der Waals surface area (Å²) in [5.41, 5.74) is 0. The molecule has 0 saturated heterocycles. The van der Waals surface area contributed by atoms with Crippen molar-refractivity contribution in [3.63, 3.8) is 0 Å². The quantitative estimate of drug-likeness (QED) is 0.404. The van der Waals surface area contributed by atoms with Gasteiger partial charge in [0.15, 0.2) is 9.84 Å². The molecule has 1 aliphatic carbocycles. The maximum atomic E-state index is 14.7. The van der Waals surface area contributed by atoms with Crippen molar-refractivity contribution < 1.29 is 26.0 Å². The van der Waals surface area contributed by atoms with Crippen LogP contribution in [0.1, 0.15) is 39.5 Å². The van der Waals surface area contributed by atoms with Gasteiger partial charge in [-0.05, 0) is 42.9 Å². The predicted octanol–water partition coefficient (Wildman–Crippen LogP) is 3.18. The number of hydrogen-bond acceptors (Lipinski definition) is 8. The van der Waals surface area contributed by atoms with Crippen LogP contribution in [0.3, 0.4) is 0 Å². The van der Waals surface area contributed by atoms with Gasteiger partial charge in [0.25, 0.3) is 0 Å². The third-order valence-corrected chi connectivity index (χ3v) is 9.14. The summed E-state index contributed by atoms with van der Waals surface area (Å²) in [5.74, 6) is -2.50. The van der Waals surface area contributed by atoms with E-state index >= 15 is 0 Å². The molecule has 1 aliphatic rings. The van der Waals surface area contributed by atoms with Gasteiger partial charge < -0.3 is 5.32 Å². The number of nitrogens with zero attached hydrogens (tertiary/aromatic N) is 2. The van der Waals surface area contributed by atoms with Gasteiger partial charge in [-0.1, -0.05) is 38.5 Å². The number of sulfone groups is 1. The van der Waals surface area contributed by atoms with Crippen molar-refractivity contribution in [2.45, 2.75) is 54.7 Å². The second-order valence-electron chi connectivity index (χ2n) is 7.98. The van der Waals surface area contributed by atoms with Crippen LogP contribution < -0.4 is 5.32 Å². The summed E-state index contributed by atoms with van der Waals surface area (Å²) in [7, 11) is -6.51. The molecule has 1 amide bonds. The molecule has 3 unspecified atom stereocenters. The number of hydrogen-bond donors (Lipinski definition) is 1. The molecule has 0 bridgehead atoms. The van der Waals surface area contributed by atoms with E-state index in [-0.39, 0.29) is 33.9 Å². The summed E-state index contributed by atoms with van der Waals surface area (Å²) in [6.07, 6.45) is 2.71. The molecule has 0 radical (unpaired) electrons. The van der Waals surface area contributed by atoms with E-state index in [1.165, 1.54) is 12.1 Å². The van der Waals surface area contributed by atoms with E-state index in [2.05, 4.69) is 9.68 Å². The highest BCUT2D eigenvalue weighted by Gasteiger charge is 2.34. The first-order valence-electron chi connectivity index (χ1n) is 10.2. The number of nitrogens with one attached hydrogen (secondary N) is 1. The van der Waals surface area contributed by atoms with E-state index in [4.69, 9.17) is 5.26 Å². The topological polar surface area (TPSA) is 134 Å². The lowest BCUT2D eigenvalue weighted by Gasteiger charge is -2.30. The van der Waals surface area contributed by atoms with Crippen LogP contribution in [-0.4, -0.2) is 40.4 Å². The smallest absolute Gasteiger partial charge is 0.312 e. The highest BCUT2D eigenvalue weighted by Crippen LogP contribution is 2.35. The second kappa shape index (κ2) is 11.8. The highest BCUT2D eigenvalue weighted by molar-refractivity contribution is 8.00. The Hall–Kier alpha value is -1.97. The van der Waals surface area contributed by atoms with E-state index in [1.54, 1.807) is 13.8 Å². The summed E-state index contributed by atoms with van der Waals surface area (Å²) >= 11 is 0.910. The van der Waals surface area contributed by atoms with Gasteiger partial charge in [-0.25, -0.2) is 12.8 Å². The minimum atomic E-state index is -3.87. The molecule has 1 aromatic carbocycles. The van der Waals surface area contributed by atoms with Crippen LogP contribution in [0.2, 0.25) is 0 Å². The predicted molar refractivity (Wildman–Crippen MR) is 118 cm³/mol. The zero-order valence-electron chi connectivity index (χ0n) is 17.8.